The van der Waals surface area contributed by atoms with E-state index in [0.717, 1.165) is 56.9 Å². The van der Waals surface area contributed by atoms with Gasteiger partial charge in [0.15, 0.2) is 5.78 Å². The van der Waals surface area contributed by atoms with Gasteiger partial charge in [-0.1, -0.05) is 67.9 Å². The van der Waals surface area contributed by atoms with Gasteiger partial charge < -0.3 is 25.6 Å². The van der Waals surface area contributed by atoms with Crippen LogP contribution in [0.1, 0.15) is 151 Å². The van der Waals surface area contributed by atoms with Gasteiger partial charge in [0.1, 0.15) is 11.9 Å². The number of carboxylic acid groups (broad SMARTS) is 1. The van der Waals surface area contributed by atoms with Gasteiger partial charge in [0.2, 0.25) is 0 Å². The largest absolute Gasteiger partial charge is 0.481 e. The molecule has 0 aromatic heterocycles. The topological polar surface area (TPSA) is 142 Å². The van der Waals surface area contributed by atoms with E-state index in [-0.39, 0.29) is 57.3 Å². The number of carboxylic acids is 1. The van der Waals surface area contributed by atoms with Crippen LogP contribution in [0, 0.1) is 73.8 Å². The summed E-state index contributed by atoms with van der Waals surface area (Å²) in [7, 11) is 0. The number of Topliss-reactive ketones (excluding diaryl/α,β-unsaturated/α-hetero) is 1. The van der Waals surface area contributed by atoms with Crippen molar-refractivity contribution in [2.75, 3.05) is 13.1 Å². The quantitative estimate of drug-likeness (QED) is 0.162. The third-order valence-electron chi connectivity index (χ3n) is 18.6. The number of halogens is 1. The summed E-state index contributed by atoms with van der Waals surface area (Å²) in [5, 5.41) is 28.5. The molecule has 7 rings (SSSR count). The summed E-state index contributed by atoms with van der Waals surface area (Å²) >= 11 is 0. The Kier molecular flexibility index (Phi) is 11.2. The minimum Gasteiger partial charge on any atom is -0.481 e. The molecule has 5 saturated carbocycles. The van der Waals surface area contributed by atoms with E-state index < -0.39 is 46.1 Å². The Morgan fingerprint density at radius 1 is 0.867 bits per heavy atom. The molecule has 9 nitrogen and oxygen atoms in total. The standard InChI is InChI=1S/C50H73FN2O7/c1-28(2)39-34(54)25-50(37(55)26-52-27-44(3,4)53-41(56)29-12-14-30(51)15-13-29)23-22-48(10)31(40(39)50)16-17-36-47(9)20-19-38(46(7,8)35(47)18-21-49(36,48)11)60-43(59)33-24-32(42(57)58)45(33,5)6/h12-15,28,31-33,35-38,52,55H,16-27H2,1-11H3,(H,53,56)(H,57,58)/t31-,32+,33-,35+,36-,37+,38+,47+,48-,49-,50+/m1/s1. The van der Waals surface area contributed by atoms with Crippen LogP contribution in [0.15, 0.2) is 35.4 Å². The molecule has 60 heavy (non-hydrogen) atoms. The molecule has 0 saturated heterocycles. The van der Waals surface area contributed by atoms with Gasteiger partial charge >= 0.3 is 11.9 Å². The molecule has 332 valence electrons. The van der Waals surface area contributed by atoms with Crippen LogP contribution in [0.4, 0.5) is 4.39 Å². The second-order valence-electron chi connectivity index (χ2n) is 23.1. The predicted octanol–water partition coefficient (Wildman–Crippen LogP) is 8.92. The summed E-state index contributed by atoms with van der Waals surface area (Å²) < 4.78 is 19.9. The van der Waals surface area contributed by atoms with Crippen molar-refractivity contribution in [2.24, 2.45) is 68.0 Å². The lowest BCUT2D eigenvalue weighted by atomic mass is 9.33. The average Bonchev–Trinajstić information content (AvgIpc) is 3.45. The van der Waals surface area contributed by atoms with Gasteiger partial charge in [-0.2, -0.15) is 0 Å². The van der Waals surface area contributed by atoms with Crippen molar-refractivity contribution in [3.05, 3.63) is 46.8 Å². The van der Waals surface area contributed by atoms with Crippen molar-refractivity contribution in [2.45, 2.75) is 158 Å². The van der Waals surface area contributed by atoms with Gasteiger partial charge in [0.25, 0.3) is 5.91 Å². The van der Waals surface area contributed by atoms with E-state index in [2.05, 4.69) is 59.1 Å². The Morgan fingerprint density at radius 3 is 2.15 bits per heavy atom. The number of allylic oxidation sites excluding steroid dienone is 1. The highest BCUT2D eigenvalue weighted by molar-refractivity contribution is 6.01. The van der Waals surface area contributed by atoms with E-state index in [0.29, 0.717) is 43.3 Å². The fourth-order valence-corrected chi connectivity index (χ4v) is 15.0. The van der Waals surface area contributed by atoms with Crippen LogP contribution in [0.3, 0.4) is 0 Å². The van der Waals surface area contributed by atoms with E-state index in [9.17, 15) is 33.8 Å². The molecule has 10 heteroatoms. The van der Waals surface area contributed by atoms with Crippen LogP contribution in [0.2, 0.25) is 0 Å². The molecule has 4 N–H and O–H groups in total. The van der Waals surface area contributed by atoms with Crippen LogP contribution in [-0.2, 0) is 19.1 Å². The molecule has 0 radical (unpaired) electrons. The maximum Gasteiger partial charge on any atom is 0.309 e. The van der Waals surface area contributed by atoms with Gasteiger partial charge in [-0.05, 0) is 147 Å². The Balaban J connectivity index is 1.08. The minimum atomic E-state index is -0.844. The summed E-state index contributed by atoms with van der Waals surface area (Å²) in [5.41, 5.74) is 0.346. The molecular formula is C50H73FN2O7. The first-order valence-electron chi connectivity index (χ1n) is 22.9. The van der Waals surface area contributed by atoms with E-state index in [1.807, 2.05) is 27.7 Å². The van der Waals surface area contributed by atoms with Crippen molar-refractivity contribution in [3.8, 4) is 0 Å². The summed E-state index contributed by atoms with van der Waals surface area (Å²) in [4.78, 5) is 52.6. The van der Waals surface area contributed by atoms with E-state index in [1.54, 1.807) is 0 Å². The average molecular weight is 833 g/mol. The number of esters is 1. The predicted molar refractivity (Wildman–Crippen MR) is 229 cm³/mol. The Morgan fingerprint density at radius 2 is 1.53 bits per heavy atom. The summed E-state index contributed by atoms with van der Waals surface area (Å²) in [6.07, 6.45) is 7.22. The first kappa shape index (κ1) is 44.9. The SMILES string of the molecule is CC(C)C1=C2[C@H]3CC[C@@H]4[C@@]5(C)CC[C@H](OC(=O)[C@H]6C[C@@H](C(=O)O)C6(C)C)C(C)(C)[C@@H]5CC[C@@]4(C)[C@]3(C)CC[C@@]2([C@@H](O)CNCC(C)(C)NC(=O)c2ccc(F)cc2)CC1=O. The Hall–Kier alpha value is -3.11. The summed E-state index contributed by atoms with van der Waals surface area (Å²) in [5.74, 6) is -1.49. The van der Waals surface area contributed by atoms with E-state index in [4.69, 9.17) is 4.74 Å². The van der Waals surface area contributed by atoms with Gasteiger partial charge in [0, 0.05) is 41.4 Å². The van der Waals surface area contributed by atoms with Gasteiger partial charge in [-0.15, -0.1) is 0 Å². The number of amides is 1. The van der Waals surface area contributed by atoms with Crippen molar-refractivity contribution < 1.29 is 38.5 Å². The fourth-order valence-electron chi connectivity index (χ4n) is 15.0. The molecule has 6 aliphatic rings. The van der Waals surface area contributed by atoms with Crippen molar-refractivity contribution >= 4 is 23.6 Å². The third kappa shape index (κ3) is 6.82. The molecule has 5 fully saturated rings. The lowest BCUT2D eigenvalue weighted by molar-refractivity contribution is -0.238. The molecule has 1 aromatic carbocycles. The van der Waals surface area contributed by atoms with Crippen LogP contribution in [0.25, 0.3) is 0 Å². The maximum absolute atomic E-state index is 14.2. The minimum absolute atomic E-state index is 0.00536. The Labute approximate surface area is 357 Å². The number of aliphatic hydroxyl groups excluding tert-OH is 1. The first-order chi connectivity index (χ1) is 27.8. The van der Waals surface area contributed by atoms with Crippen LogP contribution in [0.5, 0.6) is 0 Å². The van der Waals surface area contributed by atoms with Gasteiger partial charge in [-0.3, -0.25) is 19.2 Å². The second kappa shape index (κ2) is 15.0. The normalized spacial score (nSPS) is 38.5. The number of ether oxygens (including phenoxy) is 1. The number of nitrogens with one attached hydrogen (secondary N) is 2. The molecule has 1 amide bonds. The highest BCUT2D eigenvalue weighted by atomic mass is 19.1. The number of ketones is 1. The number of fused-ring (bicyclic) bond motifs is 7. The smallest absolute Gasteiger partial charge is 0.309 e. The zero-order valence-electron chi connectivity index (χ0n) is 38.2. The van der Waals surface area contributed by atoms with E-state index >= 15 is 0 Å². The number of hydrogen-bond donors (Lipinski definition) is 4. The lowest BCUT2D eigenvalue weighted by Gasteiger charge is -2.72. The highest BCUT2D eigenvalue weighted by Gasteiger charge is 2.71. The molecule has 0 heterocycles. The van der Waals surface area contributed by atoms with Crippen molar-refractivity contribution in [1.82, 2.24) is 10.6 Å². The third-order valence-corrected chi connectivity index (χ3v) is 18.6. The molecule has 1 aromatic rings. The summed E-state index contributed by atoms with van der Waals surface area (Å²) in [6, 6.07) is 5.48. The van der Waals surface area contributed by atoms with E-state index in [1.165, 1.54) is 29.8 Å². The molecule has 6 aliphatic carbocycles. The molecule has 11 atom stereocenters. The van der Waals surface area contributed by atoms with Crippen molar-refractivity contribution in [3.63, 3.8) is 0 Å². The molecule has 0 spiro atoms. The lowest BCUT2D eigenvalue weighted by Crippen LogP contribution is -2.66. The molecule has 0 bridgehead atoms. The number of carbonyl (C=O) groups excluding carboxylic acids is 3. The monoisotopic (exact) mass is 833 g/mol. The highest BCUT2D eigenvalue weighted by Crippen LogP contribution is 2.77. The number of aliphatic hydroxyl groups is 1. The number of benzene rings is 1. The maximum atomic E-state index is 14.2. The molecule has 0 unspecified atom stereocenters. The van der Waals surface area contributed by atoms with Crippen LogP contribution >= 0.6 is 0 Å². The number of hydrogen-bond acceptors (Lipinski definition) is 7. The number of rotatable bonds is 11. The second-order valence-corrected chi connectivity index (χ2v) is 23.1. The first-order valence-corrected chi connectivity index (χ1v) is 22.9. The zero-order chi connectivity index (χ0) is 44.2. The number of aliphatic carboxylic acids is 1. The van der Waals surface area contributed by atoms with Gasteiger partial charge in [0.05, 0.1) is 17.9 Å². The zero-order valence-corrected chi connectivity index (χ0v) is 38.2. The van der Waals surface area contributed by atoms with Crippen molar-refractivity contribution in [1.29, 1.82) is 0 Å². The molecular weight excluding hydrogens is 760 g/mol. The van der Waals surface area contributed by atoms with Crippen LogP contribution in [-0.4, -0.2) is 64.7 Å². The van der Waals surface area contributed by atoms with Crippen LogP contribution < -0.4 is 10.6 Å². The molecule has 0 aliphatic heterocycles. The van der Waals surface area contributed by atoms with Gasteiger partial charge in [-0.25, -0.2) is 4.39 Å². The Bertz CT molecular complexity index is 1940. The number of carbonyl (C=O) groups is 4. The summed E-state index contributed by atoms with van der Waals surface area (Å²) in [6.45, 7) is 24.7. The fraction of sp³-hybridized carbons (Fsp3) is 0.760.